The molecule has 1 N–H and O–H groups in total. The van der Waals surface area contributed by atoms with Crippen LogP contribution in [0, 0.1) is 24.1 Å². The van der Waals surface area contributed by atoms with Gasteiger partial charge in [-0.15, -0.1) is 0 Å². The standard InChI is InChI=1S/C24H24FN3O2/c1-17-22(14-19(15-26)24(29)27-11-6-12-30-2)21-9-3-4-10-23(21)28(17)16-18-7-5-8-20(25)13-18/h3-5,7-10,13-14H,6,11-12,16H2,1-2H3,(H,27,29)/b19-14+. The molecule has 2 aromatic carbocycles. The Morgan fingerprint density at radius 3 is 2.80 bits per heavy atom. The van der Waals surface area contributed by atoms with Gasteiger partial charge in [0.2, 0.25) is 0 Å². The van der Waals surface area contributed by atoms with Gasteiger partial charge in [0.25, 0.3) is 5.91 Å². The summed E-state index contributed by atoms with van der Waals surface area (Å²) in [5, 5.41) is 13.2. The van der Waals surface area contributed by atoms with Crippen LogP contribution in [0.15, 0.2) is 54.1 Å². The Labute approximate surface area is 175 Å². The molecule has 154 valence electrons. The van der Waals surface area contributed by atoms with Gasteiger partial charge in [0.15, 0.2) is 0 Å². The van der Waals surface area contributed by atoms with Crippen molar-refractivity contribution in [3.63, 3.8) is 0 Å². The zero-order valence-electron chi connectivity index (χ0n) is 17.1. The van der Waals surface area contributed by atoms with E-state index in [0.29, 0.717) is 26.1 Å². The highest BCUT2D eigenvalue weighted by molar-refractivity contribution is 6.04. The smallest absolute Gasteiger partial charge is 0.261 e. The van der Waals surface area contributed by atoms with Crippen molar-refractivity contribution >= 4 is 22.9 Å². The molecule has 30 heavy (non-hydrogen) atoms. The number of benzene rings is 2. The first-order chi connectivity index (χ1) is 14.5. The number of carbonyl (C=O) groups excluding carboxylic acids is 1. The van der Waals surface area contributed by atoms with Crippen LogP contribution in [0.25, 0.3) is 17.0 Å². The predicted octanol–water partition coefficient (Wildman–Crippen LogP) is 4.20. The van der Waals surface area contributed by atoms with E-state index in [1.165, 1.54) is 12.1 Å². The molecule has 0 saturated heterocycles. The van der Waals surface area contributed by atoms with Gasteiger partial charge in [-0.1, -0.05) is 30.3 Å². The number of para-hydroxylation sites is 1. The molecule has 0 radical (unpaired) electrons. The van der Waals surface area contributed by atoms with Gasteiger partial charge in [-0.3, -0.25) is 4.79 Å². The molecule has 1 heterocycles. The van der Waals surface area contributed by atoms with Gasteiger partial charge in [-0.2, -0.15) is 5.26 Å². The third-order valence-electron chi connectivity index (χ3n) is 4.97. The lowest BCUT2D eigenvalue weighted by Crippen LogP contribution is -2.26. The maximum absolute atomic E-state index is 13.6. The topological polar surface area (TPSA) is 67.0 Å². The largest absolute Gasteiger partial charge is 0.385 e. The van der Waals surface area contributed by atoms with E-state index >= 15 is 0 Å². The van der Waals surface area contributed by atoms with Gasteiger partial charge in [0, 0.05) is 49.0 Å². The second kappa shape index (κ2) is 9.86. The van der Waals surface area contributed by atoms with Crippen LogP contribution in [0.1, 0.15) is 23.2 Å². The monoisotopic (exact) mass is 405 g/mol. The molecule has 1 aromatic heterocycles. The summed E-state index contributed by atoms with van der Waals surface area (Å²) in [6.45, 7) is 3.41. The zero-order valence-corrected chi connectivity index (χ0v) is 17.1. The molecular weight excluding hydrogens is 381 g/mol. The van der Waals surface area contributed by atoms with Crippen LogP contribution < -0.4 is 5.32 Å². The van der Waals surface area contributed by atoms with E-state index in [4.69, 9.17) is 4.74 Å². The molecule has 0 aliphatic carbocycles. The molecule has 5 nitrogen and oxygen atoms in total. The number of halogens is 1. The number of nitrogens with one attached hydrogen (secondary N) is 1. The average Bonchev–Trinajstić information content (AvgIpc) is 3.00. The number of amides is 1. The summed E-state index contributed by atoms with van der Waals surface area (Å²) in [6, 6.07) is 16.3. The van der Waals surface area contributed by atoms with Crippen LogP contribution in [0.2, 0.25) is 0 Å². The van der Waals surface area contributed by atoms with Crippen LogP contribution in [0.5, 0.6) is 0 Å². The summed E-state index contributed by atoms with van der Waals surface area (Å²) >= 11 is 0. The van der Waals surface area contributed by atoms with Crippen molar-refractivity contribution in [3.05, 3.63) is 76.7 Å². The van der Waals surface area contributed by atoms with Gasteiger partial charge in [-0.25, -0.2) is 4.39 Å². The molecule has 0 unspecified atom stereocenters. The molecule has 0 saturated carbocycles. The molecule has 0 aliphatic rings. The van der Waals surface area contributed by atoms with Crippen molar-refractivity contribution < 1.29 is 13.9 Å². The van der Waals surface area contributed by atoms with Crippen LogP contribution in [-0.4, -0.2) is 30.7 Å². The summed E-state index contributed by atoms with van der Waals surface area (Å²) in [5.74, 6) is -0.686. The normalized spacial score (nSPS) is 11.5. The number of carbonyl (C=O) groups is 1. The molecule has 0 spiro atoms. The Morgan fingerprint density at radius 1 is 1.27 bits per heavy atom. The molecule has 0 atom stereocenters. The first kappa shape index (κ1) is 21.3. The molecule has 0 bridgehead atoms. The summed E-state index contributed by atoms with van der Waals surface area (Å²) < 4.78 is 20.7. The Bertz CT molecular complexity index is 1130. The Kier molecular flexibility index (Phi) is 6.99. The van der Waals surface area contributed by atoms with E-state index in [2.05, 4.69) is 9.88 Å². The van der Waals surface area contributed by atoms with Crippen LogP contribution in [0.4, 0.5) is 4.39 Å². The fraction of sp³-hybridized carbons (Fsp3) is 0.250. The third-order valence-corrected chi connectivity index (χ3v) is 4.97. The van der Waals surface area contributed by atoms with Gasteiger partial charge >= 0.3 is 0 Å². The fourth-order valence-electron chi connectivity index (χ4n) is 3.47. The van der Waals surface area contributed by atoms with Gasteiger partial charge in [0.1, 0.15) is 17.5 Å². The highest BCUT2D eigenvalue weighted by Crippen LogP contribution is 2.29. The van der Waals surface area contributed by atoms with E-state index in [1.54, 1.807) is 19.3 Å². The molecule has 0 fully saturated rings. The highest BCUT2D eigenvalue weighted by atomic mass is 19.1. The van der Waals surface area contributed by atoms with Crippen LogP contribution in [-0.2, 0) is 16.1 Å². The second-order valence-electron chi connectivity index (χ2n) is 7.00. The Hall–Kier alpha value is -3.43. The van der Waals surface area contributed by atoms with Gasteiger partial charge in [-0.05, 0) is 43.2 Å². The van der Waals surface area contributed by atoms with Crippen molar-refractivity contribution in [2.75, 3.05) is 20.3 Å². The number of nitrogens with zero attached hydrogens (tertiary/aromatic N) is 2. The highest BCUT2D eigenvalue weighted by Gasteiger charge is 2.16. The van der Waals surface area contributed by atoms with Crippen molar-refractivity contribution in [1.29, 1.82) is 5.26 Å². The first-order valence-corrected chi connectivity index (χ1v) is 9.76. The van der Waals surface area contributed by atoms with E-state index in [1.807, 2.05) is 43.3 Å². The average molecular weight is 405 g/mol. The molecule has 0 aliphatic heterocycles. The molecule has 1 amide bonds. The minimum Gasteiger partial charge on any atom is -0.385 e. The zero-order chi connectivity index (χ0) is 21.5. The van der Waals surface area contributed by atoms with E-state index in [-0.39, 0.29) is 11.4 Å². The number of ether oxygens (including phenoxy) is 1. The summed E-state index contributed by atoms with van der Waals surface area (Å²) in [4.78, 5) is 12.4. The maximum Gasteiger partial charge on any atom is 0.261 e. The number of nitriles is 1. The number of aromatic nitrogens is 1. The van der Waals surface area contributed by atoms with Crippen LogP contribution in [0.3, 0.4) is 0 Å². The first-order valence-electron chi connectivity index (χ1n) is 9.76. The number of fused-ring (bicyclic) bond motifs is 1. The molecular formula is C24H24FN3O2. The minimum atomic E-state index is -0.407. The minimum absolute atomic E-state index is 0.0455. The third kappa shape index (κ3) is 4.76. The molecule has 3 aromatic rings. The van der Waals surface area contributed by atoms with E-state index in [9.17, 15) is 14.4 Å². The number of rotatable bonds is 8. The summed E-state index contributed by atoms with van der Waals surface area (Å²) in [6.07, 6.45) is 2.30. The van der Waals surface area contributed by atoms with Crippen molar-refractivity contribution in [1.82, 2.24) is 9.88 Å². The molecule has 3 rings (SSSR count). The number of methoxy groups -OCH3 is 1. The fourth-order valence-corrected chi connectivity index (χ4v) is 3.47. The maximum atomic E-state index is 13.6. The summed E-state index contributed by atoms with van der Waals surface area (Å²) in [5.41, 5.74) is 3.56. The summed E-state index contributed by atoms with van der Waals surface area (Å²) in [7, 11) is 1.60. The molecule has 6 heteroatoms. The van der Waals surface area contributed by atoms with E-state index < -0.39 is 5.91 Å². The quantitative estimate of drug-likeness (QED) is 0.347. The van der Waals surface area contributed by atoms with Gasteiger partial charge in [0.05, 0.1) is 0 Å². The lowest BCUT2D eigenvalue weighted by molar-refractivity contribution is -0.117. The van der Waals surface area contributed by atoms with Crippen molar-refractivity contribution in [3.8, 4) is 6.07 Å². The number of hydrogen-bond donors (Lipinski definition) is 1. The predicted molar refractivity (Wildman–Crippen MR) is 115 cm³/mol. The second-order valence-corrected chi connectivity index (χ2v) is 7.00. The van der Waals surface area contributed by atoms with Crippen molar-refractivity contribution in [2.24, 2.45) is 0 Å². The van der Waals surface area contributed by atoms with Crippen LogP contribution >= 0.6 is 0 Å². The Morgan fingerprint density at radius 2 is 2.07 bits per heavy atom. The lowest BCUT2D eigenvalue weighted by Gasteiger charge is -2.09. The van der Waals surface area contributed by atoms with E-state index in [0.717, 1.165) is 27.7 Å². The Balaban J connectivity index is 1.97. The number of hydrogen-bond acceptors (Lipinski definition) is 3. The lowest BCUT2D eigenvalue weighted by atomic mass is 10.1. The van der Waals surface area contributed by atoms with Gasteiger partial charge < -0.3 is 14.6 Å². The SMILES string of the molecule is COCCCNC(=O)/C(C#N)=C/c1c(C)n(Cc2cccc(F)c2)c2ccccc12. The van der Waals surface area contributed by atoms with Crippen molar-refractivity contribution in [2.45, 2.75) is 19.9 Å².